The predicted octanol–water partition coefficient (Wildman–Crippen LogP) is 2.46. The van der Waals surface area contributed by atoms with Crippen LogP contribution in [-0.2, 0) is 13.5 Å². The zero-order valence-corrected chi connectivity index (χ0v) is 10.6. The molecule has 1 atom stereocenters. The van der Waals surface area contributed by atoms with Gasteiger partial charge >= 0.3 is 0 Å². The molecule has 0 amide bonds. The first kappa shape index (κ1) is 11.4. The molecule has 0 aliphatic rings. The van der Waals surface area contributed by atoms with Crippen LogP contribution < -0.4 is 0 Å². The second-order valence-electron chi connectivity index (χ2n) is 3.72. The van der Waals surface area contributed by atoms with Crippen molar-refractivity contribution in [1.82, 2.24) is 9.78 Å². The van der Waals surface area contributed by atoms with Gasteiger partial charge in [0.05, 0.1) is 11.8 Å². The third kappa shape index (κ3) is 2.51. The van der Waals surface area contributed by atoms with Gasteiger partial charge in [0.1, 0.15) is 0 Å². The van der Waals surface area contributed by atoms with E-state index in [0.29, 0.717) is 6.42 Å². The molecule has 0 radical (unpaired) electrons. The monoisotopic (exact) mass is 280 g/mol. The minimum absolute atomic E-state index is 0.523. The average Bonchev–Trinajstić information content (AvgIpc) is 2.64. The Morgan fingerprint density at radius 1 is 1.38 bits per heavy atom. The third-order valence-electron chi connectivity index (χ3n) is 2.44. The van der Waals surface area contributed by atoms with Gasteiger partial charge in [-0.15, -0.1) is 0 Å². The first-order chi connectivity index (χ1) is 7.66. The predicted molar refractivity (Wildman–Crippen MR) is 66.0 cm³/mol. The zero-order chi connectivity index (χ0) is 11.5. The molecule has 0 spiro atoms. The lowest BCUT2D eigenvalue weighted by Crippen LogP contribution is -2.03. The Kier molecular flexibility index (Phi) is 3.41. The lowest BCUT2D eigenvalue weighted by Gasteiger charge is -2.11. The van der Waals surface area contributed by atoms with E-state index in [9.17, 15) is 5.11 Å². The second kappa shape index (κ2) is 4.80. The molecule has 1 aromatic heterocycles. The van der Waals surface area contributed by atoms with Crippen LogP contribution in [0.15, 0.2) is 41.0 Å². The molecule has 16 heavy (non-hydrogen) atoms. The molecule has 1 N–H and O–H groups in total. The van der Waals surface area contributed by atoms with Crippen molar-refractivity contribution in [2.75, 3.05) is 0 Å². The van der Waals surface area contributed by atoms with Crippen molar-refractivity contribution in [3.05, 3.63) is 52.3 Å². The molecule has 0 fully saturated rings. The fraction of sp³-hybridized carbons (Fsp3) is 0.250. The summed E-state index contributed by atoms with van der Waals surface area (Å²) < 4.78 is 2.67. The number of aliphatic hydroxyl groups excluding tert-OH is 1. The minimum atomic E-state index is -0.523. The molecule has 0 saturated carbocycles. The van der Waals surface area contributed by atoms with Gasteiger partial charge in [0, 0.05) is 24.1 Å². The van der Waals surface area contributed by atoms with E-state index in [0.717, 1.165) is 15.7 Å². The van der Waals surface area contributed by atoms with E-state index < -0.39 is 6.10 Å². The Hall–Kier alpha value is -1.13. The summed E-state index contributed by atoms with van der Waals surface area (Å²) in [5.41, 5.74) is 1.79. The number of aliphatic hydroxyl groups is 1. The molecular formula is C12H13BrN2O. The molecule has 84 valence electrons. The Balaban J connectivity index is 2.14. The number of aryl methyl sites for hydroxylation is 1. The molecule has 2 rings (SSSR count). The second-order valence-corrected chi connectivity index (χ2v) is 4.58. The van der Waals surface area contributed by atoms with Crippen LogP contribution in [0.5, 0.6) is 0 Å². The highest BCUT2D eigenvalue weighted by Crippen LogP contribution is 2.25. The highest BCUT2D eigenvalue weighted by atomic mass is 79.9. The van der Waals surface area contributed by atoms with Gasteiger partial charge in [-0.1, -0.05) is 34.1 Å². The smallest absolute Gasteiger partial charge is 0.0857 e. The van der Waals surface area contributed by atoms with Gasteiger partial charge in [0.15, 0.2) is 0 Å². The van der Waals surface area contributed by atoms with E-state index >= 15 is 0 Å². The van der Waals surface area contributed by atoms with Gasteiger partial charge in [-0.3, -0.25) is 4.68 Å². The van der Waals surface area contributed by atoms with E-state index in [4.69, 9.17) is 0 Å². The molecule has 1 heterocycles. The molecule has 3 nitrogen and oxygen atoms in total. The summed E-state index contributed by atoms with van der Waals surface area (Å²) >= 11 is 3.43. The van der Waals surface area contributed by atoms with Crippen molar-refractivity contribution in [2.24, 2.45) is 7.05 Å². The van der Waals surface area contributed by atoms with Crippen molar-refractivity contribution in [3.63, 3.8) is 0 Å². The van der Waals surface area contributed by atoms with Gasteiger partial charge in [-0.25, -0.2) is 0 Å². The summed E-state index contributed by atoms with van der Waals surface area (Å²) in [5.74, 6) is 0. The van der Waals surface area contributed by atoms with Crippen LogP contribution in [0.3, 0.4) is 0 Å². The lowest BCUT2D eigenvalue weighted by molar-refractivity contribution is 0.176. The van der Waals surface area contributed by atoms with Crippen LogP contribution in [0.2, 0.25) is 0 Å². The maximum Gasteiger partial charge on any atom is 0.0857 e. The Bertz CT molecular complexity index is 481. The van der Waals surface area contributed by atoms with Crippen molar-refractivity contribution in [3.8, 4) is 0 Å². The number of hydrogen-bond donors (Lipinski definition) is 1. The molecule has 0 aliphatic heterocycles. The molecule has 1 aromatic carbocycles. The van der Waals surface area contributed by atoms with Crippen molar-refractivity contribution in [1.29, 1.82) is 0 Å². The van der Waals surface area contributed by atoms with E-state index in [1.807, 2.05) is 43.6 Å². The number of aromatic nitrogens is 2. The standard InChI is InChI=1S/C12H13BrN2O/c1-15-7-6-9(14-15)8-12(16)10-4-2-3-5-11(10)13/h2-7,12,16H,8H2,1H3. The largest absolute Gasteiger partial charge is 0.388 e. The van der Waals surface area contributed by atoms with Gasteiger partial charge in [-0.05, 0) is 17.7 Å². The summed E-state index contributed by atoms with van der Waals surface area (Å²) in [6.07, 6.45) is 1.89. The maximum atomic E-state index is 10.1. The minimum Gasteiger partial charge on any atom is -0.388 e. The summed E-state index contributed by atoms with van der Waals surface area (Å²) in [7, 11) is 1.87. The average molecular weight is 281 g/mol. The van der Waals surface area contributed by atoms with Crippen LogP contribution in [0, 0.1) is 0 Å². The first-order valence-corrected chi connectivity index (χ1v) is 5.87. The molecule has 1 unspecified atom stereocenters. The van der Waals surface area contributed by atoms with E-state index in [1.54, 1.807) is 4.68 Å². The molecule has 4 heteroatoms. The quantitative estimate of drug-likeness (QED) is 0.938. The van der Waals surface area contributed by atoms with Crippen molar-refractivity contribution in [2.45, 2.75) is 12.5 Å². The van der Waals surface area contributed by atoms with Crippen LogP contribution in [0.4, 0.5) is 0 Å². The fourth-order valence-corrected chi connectivity index (χ4v) is 2.17. The van der Waals surface area contributed by atoms with Gasteiger partial charge < -0.3 is 5.11 Å². The lowest BCUT2D eigenvalue weighted by atomic mass is 10.1. The highest BCUT2D eigenvalue weighted by Gasteiger charge is 2.12. The molecule has 0 aliphatic carbocycles. The Morgan fingerprint density at radius 3 is 2.75 bits per heavy atom. The van der Waals surface area contributed by atoms with Crippen LogP contribution in [0.25, 0.3) is 0 Å². The van der Waals surface area contributed by atoms with Crippen LogP contribution in [0.1, 0.15) is 17.4 Å². The summed E-state index contributed by atoms with van der Waals surface area (Å²) in [4.78, 5) is 0. The first-order valence-electron chi connectivity index (χ1n) is 5.08. The van der Waals surface area contributed by atoms with Crippen LogP contribution >= 0.6 is 15.9 Å². The van der Waals surface area contributed by atoms with Crippen molar-refractivity contribution < 1.29 is 5.11 Å². The number of halogens is 1. The summed E-state index contributed by atoms with van der Waals surface area (Å²) in [5, 5.41) is 14.3. The third-order valence-corrected chi connectivity index (χ3v) is 3.16. The molecule has 0 bridgehead atoms. The molecule has 0 saturated heterocycles. The van der Waals surface area contributed by atoms with Crippen molar-refractivity contribution >= 4 is 15.9 Å². The van der Waals surface area contributed by atoms with Gasteiger partial charge in [0.2, 0.25) is 0 Å². The SMILES string of the molecule is Cn1ccc(CC(O)c2ccccc2Br)n1. The van der Waals surface area contributed by atoms with E-state index in [1.165, 1.54) is 0 Å². The Labute approximate surface area is 103 Å². The van der Waals surface area contributed by atoms with E-state index in [-0.39, 0.29) is 0 Å². The van der Waals surface area contributed by atoms with Gasteiger partial charge in [-0.2, -0.15) is 5.10 Å². The normalized spacial score (nSPS) is 12.7. The summed E-state index contributed by atoms with van der Waals surface area (Å²) in [6, 6.07) is 9.61. The fourth-order valence-electron chi connectivity index (χ4n) is 1.63. The summed E-state index contributed by atoms with van der Waals surface area (Å²) in [6.45, 7) is 0. The van der Waals surface area contributed by atoms with Crippen LogP contribution in [-0.4, -0.2) is 14.9 Å². The number of nitrogens with zero attached hydrogens (tertiary/aromatic N) is 2. The zero-order valence-electron chi connectivity index (χ0n) is 8.97. The number of hydrogen-bond acceptors (Lipinski definition) is 2. The van der Waals surface area contributed by atoms with E-state index in [2.05, 4.69) is 21.0 Å². The topological polar surface area (TPSA) is 38.0 Å². The van der Waals surface area contributed by atoms with Gasteiger partial charge in [0.25, 0.3) is 0 Å². The molecule has 2 aromatic rings. The maximum absolute atomic E-state index is 10.1. The Morgan fingerprint density at radius 2 is 2.12 bits per heavy atom. The number of benzene rings is 1. The highest BCUT2D eigenvalue weighted by molar-refractivity contribution is 9.10. The number of rotatable bonds is 3. The molecular weight excluding hydrogens is 268 g/mol.